The Balaban J connectivity index is 2.35. The lowest BCUT2D eigenvalue weighted by Crippen LogP contribution is -2.03. The van der Waals surface area contributed by atoms with E-state index in [0.717, 1.165) is 16.9 Å². The normalized spacial score (nSPS) is 12.9. The van der Waals surface area contributed by atoms with E-state index in [0.29, 0.717) is 0 Å². The van der Waals surface area contributed by atoms with Crippen molar-refractivity contribution in [2.45, 2.75) is 26.2 Å². The summed E-state index contributed by atoms with van der Waals surface area (Å²) in [5.41, 5.74) is 2.53. The Morgan fingerprint density at radius 3 is 3.06 bits per heavy atom. The summed E-state index contributed by atoms with van der Waals surface area (Å²) in [7, 11) is 0. The number of fused-ring (bicyclic) bond motifs is 1. The molecule has 0 aliphatic carbocycles. The van der Waals surface area contributed by atoms with Crippen LogP contribution in [-0.2, 0) is 4.79 Å². The highest BCUT2D eigenvalue weighted by Gasteiger charge is 2.14. The largest absolute Gasteiger partial charge is 0.481 e. The quantitative estimate of drug-likeness (QED) is 0.851. The number of hydrogen-bond donors (Lipinski definition) is 1. The van der Waals surface area contributed by atoms with Gasteiger partial charge in [0.15, 0.2) is 5.65 Å². The molecular weight excluding hydrogens is 206 g/mol. The summed E-state index contributed by atoms with van der Waals surface area (Å²) in [5.74, 6) is -0.909. The van der Waals surface area contributed by atoms with E-state index in [9.17, 15) is 4.79 Å². The highest BCUT2D eigenvalue weighted by atomic mass is 16.4. The standard InChI is InChI=1S/C11H13N3O2/c1-7-5-12-10-4-9(13-14(10)6-7)8(2)3-11(15)16/h4-6,8H,3H2,1-2H3,(H,15,16). The van der Waals surface area contributed by atoms with E-state index >= 15 is 0 Å². The van der Waals surface area contributed by atoms with Crippen LogP contribution in [0.5, 0.6) is 0 Å². The Morgan fingerprint density at radius 2 is 2.38 bits per heavy atom. The molecule has 1 atom stereocenters. The molecule has 2 rings (SSSR count). The number of rotatable bonds is 3. The summed E-state index contributed by atoms with van der Waals surface area (Å²) < 4.78 is 1.68. The second-order valence-corrected chi connectivity index (χ2v) is 4.00. The molecule has 0 spiro atoms. The molecule has 0 saturated heterocycles. The summed E-state index contributed by atoms with van der Waals surface area (Å²) in [6.45, 7) is 3.79. The van der Waals surface area contributed by atoms with Gasteiger partial charge < -0.3 is 5.11 Å². The highest BCUT2D eigenvalue weighted by molar-refractivity contribution is 5.67. The molecule has 0 radical (unpaired) electrons. The van der Waals surface area contributed by atoms with Gasteiger partial charge in [0.25, 0.3) is 0 Å². The minimum atomic E-state index is -0.811. The lowest BCUT2D eigenvalue weighted by Gasteiger charge is -2.02. The molecule has 2 heterocycles. The van der Waals surface area contributed by atoms with Crippen LogP contribution in [0.25, 0.3) is 5.65 Å². The van der Waals surface area contributed by atoms with E-state index < -0.39 is 5.97 Å². The van der Waals surface area contributed by atoms with Crippen LogP contribution in [-0.4, -0.2) is 25.7 Å². The third kappa shape index (κ3) is 2.03. The molecule has 84 valence electrons. The van der Waals surface area contributed by atoms with Crippen molar-refractivity contribution in [1.29, 1.82) is 0 Å². The Morgan fingerprint density at radius 1 is 1.62 bits per heavy atom. The number of carboxylic acid groups (broad SMARTS) is 1. The van der Waals surface area contributed by atoms with Crippen molar-refractivity contribution < 1.29 is 9.90 Å². The Bertz CT molecular complexity index is 533. The molecule has 5 nitrogen and oxygen atoms in total. The zero-order valence-corrected chi connectivity index (χ0v) is 9.21. The number of aliphatic carboxylic acids is 1. The van der Waals surface area contributed by atoms with E-state index in [-0.39, 0.29) is 12.3 Å². The van der Waals surface area contributed by atoms with Crippen LogP contribution in [0.2, 0.25) is 0 Å². The number of aromatic nitrogens is 3. The second kappa shape index (κ2) is 3.92. The van der Waals surface area contributed by atoms with Gasteiger partial charge in [-0.25, -0.2) is 9.50 Å². The first-order valence-electron chi connectivity index (χ1n) is 5.10. The third-order valence-electron chi connectivity index (χ3n) is 2.45. The van der Waals surface area contributed by atoms with Gasteiger partial charge >= 0.3 is 5.97 Å². The molecule has 1 N–H and O–H groups in total. The van der Waals surface area contributed by atoms with Crippen molar-refractivity contribution in [3.05, 3.63) is 29.7 Å². The monoisotopic (exact) mass is 219 g/mol. The minimum absolute atomic E-state index is 0.0862. The van der Waals surface area contributed by atoms with Gasteiger partial charge in [0, 0.05) is 24.4 Å². The SMILES string of the molecule is Cc1cnc2cc(C(C)CC(=O)O)nn2c1. The van der Waals surface area contributed by atoms with E-state index in [1.807, 2.05) is 26.1 Å². The van der Waals surface area contributed by atoms with Crippen LogP contribution in [0.15, 0.2) is 18.5 Å². The molecule has 0 saturated carbocycles. The zero-order valence-electron chi connectivity index (χ0n) is 9.21. The number of hydrogen-bond acceptors (Lipinski definition) is 3. The number of nitrogens with zero attached hydrogens (tertiary/aromatic N) is 3. The zero-order chi connectivity index (χ0) is 11.7. The van der Waals surface area contributed by atoms with Crippen LogP contribution < -0.4 is 0 Å². The Labute approximate surface area is 92.7 Å². The fourth-order valence-corrected chi connectivity index (χ4v) is 1.60. The molecule has 2 aromatic heterocycles. The van der Waals surface area contributed by atoms with Crippen LogP contribution in [0.3, 0.4) is 0 Å². The van der Waals surface area contributed by atoms with Gasteiger partial charge in [-0.2, -0.15) is 5.10 Å². The van der Waals surface area contributed by atoms with Crippen molar-refractivity contribution >= 4 is 11.6 Å². The Hall–Kier alpha value is -1.91. The molecule has 0 amide bonds. The molecule has 1 unspecified atom stereocenters. The van der Waals surface area contributed by atoms with Crippen molar-refractivity contribution in [2.75, 3.05) is 0 Å². The van der Waals surface area contributed by atoms with Crippen molar-refractivity contribution in [1.82, 2.24) is 14.6 Å². The first-order chi connectivity index (χ1) is 7.56. The van der Waals surface area contributed by atoms with E-state index in [4.69, 9.17) is 5.11 Å². The molecule has 0 fully saturated rings. The first-order valence-corrected chi connectivity index (χ1v) is 5.10. The van der Waals surface area contributed by atoms with Crippen LogP contribution in [0, 0.1) is 6.92 Å². The predicted molar refractivity (Wildman–Crippen MR) is 58.4 cm³/mol. The minimum Gasteiger partial charge on any atom is -0.481 e. The average Bonchev–Trinajstić information content (AvgIpc) is 2.59. The van der Waals surface area contributed by atoms with Gasteiger partial charge in [0.05, 0.1) is 12.1 Å². The van der Waals surface area contributed by atoms with Gasteiger partial charge in [-0.3, -0.25) is 4.79 Å². The molecule has 0 aliphatic heterocycles. The number of carbonyl (C=O) groups is 1. The lowest BCUT2D eigenvalue weighted by atomic mass is 10.0. The van der Waals surface area contributed by atoms with Crippen LogP contribution in [0.4, 0.5) is 0 Å². The molecule has 16 heavy (non-hydrogen) atoms. The summed E-state index contributed by atoms with van der Waals surface area (Å²) in [6, 6.07) is 1.83. The van der Waals surface area contributed by atoms with Gasteiger partial charge in [-0.05, 0) is 12.5 Å². The molecular formula is C11H13N3O2. The molecule has 0 aromatic carbocycles. The van der Waals surface area contributed by atoms with E-state index in [1.54, 1.807) is 10.7 Å². The molecule has 5 heteroatoms. The van der Waals surface area contributed by atoms with Gasteiger partial charge in [0.2, 0.25) is 0 Å². The van der Waals surface area contributed by atoms with Crippen molar-refractivity contribution in [3.8, 4) is 0 Å². The number of aryl methyl sites for hydroxylation is 1. The maximum atomic E-state index is 10.6. The highest BCUT2D eigenvalue weighted by Crippen LogP contribution is 2.18. The van der Waals surface area contributed by atoms with Gasteiger partial charge in [-0.15, -0.1) is 0 Å². The summed E-state index contributed by atoms with van der Waals surface area (Å²) in [4.78, 5) is 14.8. The molecule has 2 aromatic rings. The fraction of sp³-hybridized carbons (Fsp3) is 0.364. The molecule has 0 bridgehead atoms. The van der Waals surface area contributed by atoms with E-state index in [1.165, 1.54) is 0 Å². The fourth-order valence-electron chi connectivity index (χ4n) is 1.60. The average molecular weight is 219 g/mol. The first kappa shape index (κ1) is 10.6. The van der Waals surface area contributed by atoms with Gasteiger partial charge in [-0.1, -0.05) is 6.92 Å². The maximum absolute atomic E-state index is 10.6. The van der Waals surface area contributed by atoms with Crippen molar-refractivity contribution in [2.24, 2.45) is 0 Å². The van der Waals surface area contributed by atoms with Crippen LogP contribution in [0.1, 0.15) is 30.5 Å². The lowest BCUT2D eigenvalue weighted by molar-refractivity contribution is -0.137. The topological polar surface area (TPSA) is 67.5 Å². The van der Waals surface area contributed by atoms with Gasteiger partial charge in [0.1, 0.15) is 0 Å². The molecule has 0 aliphatic rings. The number of carboxylic acids is 1. The predicted octanol–water partition coefficient (Wildman–Crippen LogP) is 1.62. The van der Waals surface area contributed by atoms with Crippen LogP contribution >= 0.6 is 0 Å². The summed E-state index contributed by atoms with van der Waals surface area (Å²) in [6.07, 6.45) is 3.73. The van der Waals surface area contributed by atoms with Crippen molar-refractivity contribution in [3.63, 3.8) is 0 Å². The smallest absolute Gasteiger partial charge is 0.304 e. The van der Waals surface area contributed by atoms with E-state index in [2.05, 4.69) is 10.1 Å². The maximum Gasteiger partial charge on any atom is 0.304 e. The summed E-state index contributed by atoms with van der Waals surface area (Å²) >= 11 is 0. The second-order valence-electron chi connectivity index (χ2n) is 4.00. The summed E-state index contributed by atoms with van der Waals surface area (Å²) in [5, 5.41) is 13.0. The third-order valence-corrected chi connectivity index (χ3v) is 2.45. The Kier molecular flexibility index (Phi) is 2.60.